The van der Waals surface area contributed by atoms with Crippen molar-refractivity contribution >= 4 is 12.0 Å². The van der Waals surface area contributed by atoms with Gasteiger partial charge in [0, 0.05) is 18.7 Å². The lowest BCUT2D eigenvalue weighted by Crippen LogP contribution is -2.52. The van der Waals surface area contributed by atoms with Crippen molar-refractivity contribution in [2.24, 2.45) is 0 Å². The zero-order chi connectivity index (χ0) is 14.0. The van der Waals surface area contributed by atoms with Crippen molar-refractivity contribution in [1.29, 1.82) is 5.26 Å². The topological polar surface area (TPSA) is 53.3 Å². The molecule has 1 unspecified atom stereocenters. The highest BCUT2D eigenvalue weighted by atomic mass is 16.5. The van der Waals surface area contributed by atoms with E-state index in [1.807, 2.05) is 26.8 Å². The number of nitriles is 1. The maximum absolute atomic E-state index is 10.8. The van der Waals surface area contributed by atoms with Gasteiger partial charge in [0.2, 0.25) is 0 Å². The molecule has 0 saturated carbocycles. The largest absolute Gasteiger partial charge is 0.369 e. The number of hydrogen-bond donors (Lipinski definition) is 0. The molecule has 4 nitrogen and oxygen atoms in total. The second-order valence-corrected chi connectivity index (χ2v) is 5.57. The normalized spacial score (nSPS) is 21.8. The average molecular weight is 258 g/mol. The molecule has 0 N–H and O–H groups in total. The molecule has 100 valence electrons. The van der Waals surface area contributed by atoms with Crippen LogP contribution in [0.4, 0.5) is 5.69 Å². The lowest BCUT2D eigenvalue weighted by molar-refractivity contribution is -0.0749. The third-order valence-electron chi connectivity index (χ3n) is 3.19. The quantitative estimate of drug-likeness (QED) is 0.764. The van der Waals surface area contributed by atoms with E-state index < -0.39 is 0 Å². The first kappa shape index (κ1) is 13.6. The molecule has 0 amide bonds. The molecule has 1 aromatic carbocycles. The summed E-state index contributed by atoms with van der Waals surface area (Å²) in [5.74, 6) is 0. The summed E-state index contributed by atoms with van der Waals surface area (Å²) in [7, 11) is 0. The highest BCUT2D eigenvalue weighted by Gasteiger charge is 2.32. The molecular weight excluding hydrogens is 240 g/mol. The van der Waals surface area contributed by atoms with Crippen molar-refractivity contribution in [2.45, 2.75) is 32.5 Å². The van der Waals surface area contributed by atoms with Crippen molar-refractivity contribution in [3.8, 4) is 6.07 Å². The van der Waals surface area contributed by atoms with E-state index in [9.17, 15) is 10.1 Å². The van der Waals surface area contributed by atoms with Gasteiger partial charge in [0.15, 0.2) is 0 Å². The number of anilines is 1. The summed E-state index contributed by atoms with van der Waals surface area (Å²) >= 11 is 0. The number of benzene rings is 1. The van der Waals surface area contributed by atoms with Crippen molar-refractivity contribution in [3.63, 3.8) is 0 Å². The van der Waals surface area contributed by atoms with Crippen LogP contribution in [-0.4, -0.2) is 31.1 Å². The molecule has 1 saturated heterocycles. The number of ether oxygens (including phenoxy) is 1. The Bertz CT molecular complexity index is 531. The first-order chi connectivity index (χ1) is 8.95. The van der Waals surface area contributed by atoms with E-state index in [1.54, 1.807) is 12.1 Å². The van der Waals surface area contributed by atoms with E-state index in [-0.39, 0.29) is 11.7 Å². The third-order valence-corrected chi connectivity index (χ3v) is 3.19. The first-order valence-electron chi connectivity index (χ1n) is 6.37. The molecule has 0 aromatic heterocycles. The SMILES string of the molecule is CC1CN(c2ccc(C=O)cc2C#N)CC(C)(C)O1. The molecule has 0 radical (unpaired) electrons. The van der Waals surface area contributed by atoms with Crippen LogP contribution >= 0.6 is 0 Å². The van der Waals surface area contributed by atoms with Gasteiger partial charge in [-0.3, -0.25) is 4.79 Å². The minimum absolute atomic E-state index is 0.112. The Morgan fingerprint density at radius 3 is 2.84 bits per heavy atom. The number of morpholine rings is 1. The number of carbonyl (C=O) groups is 1. The van der Waals surface area contributed by atoms with Crippen LogP contribution in [0.1, 0.15) is 36.7 Å². The number of rotatable bonds is 2. The molecule has 4 heteroatoms. The monoisotopic (exact) mass is 258 g/mol. The van der Waals surface area contributed by atoms with Gasteiger partial charge < -0.3 is 9.64 Å². The van der Waals surface area contributed by atoms with Crippen LogP contribution in [0.3, 0.4) is 0 Å². The van der Waals surface area contributed by atoms with Crippen LogP contribution in [0.2, 0.25) is 0 Å². The minimum Gasteiger partial charge on any atom is -0.369 e. The van der Waals surface area contributed by atoms with Crippen LogP contribution in [0.5, 0.6) is 0 Å². The van der Waals surface area contributed by atoms with E-state index in [4.69, 9.17) is 4.74 Å². The molecule has 2 rings (SSSR count). The Morgan fingerprint density at radius 2 is 2.26 bits per heavy atom. The molecule has 1 aliphatic heterocycles. The van der Waals surface area contributed by atoms with Crippen LogP contribution in [0.15, 0.2) is 18.2 Å². The highest BCUT2D eigenvalue weighted by molar-refractivity contribution is 5.78. The van der Waals surface area contributed by atoms with Gasteiger partial charge >= 0.3 is 0 Å². The summed E-state index contributed by atoms with van der Waals surface area (Å²) < 4.78 is 5.86. The summed E-state index contributed by atoms with van der Waals surface area (Å²) in [4.78, 5) is 12.9. The molecular formula is C15H18N2O2. The van der Waals surface area contributed by atoms with E-state index in [1.165, 1.54) is 0 Å². The fourth-order valence-corrected chi connectivity index (χ4v) is 2.63. The predicted molar refractivity (Wildman–Crippen MR) is 73.4 cm³/mol. The summed E-state index contributed by atoms with van der Waals surface area (Å²) in [5, 5.41) is 9.24. The molecule has 0 bridgehead atoms. The number of nitrogens with zero attached hydrogens (tertiary/aromatic N) is 2. The Balaban J connectivity index is 2.36. The number of hydrogen-bond acceptors (Lipinski definition) is 4. The van der Waals surface area contributed by atoms with Crippen LogP contribution in [0, 0.1) is 11.3 Å². The lowest BCUT2D eigenvalue weighted by atomic mass is 10.0. The minimum atomic E-state index is -0.242. The van der Waals surface area contributed by atoms with Crippen LogP contribution in [0.25, 0.3) is 0 Å². The molecule has 1 atom stereocenters. The zero-order valence-corrected chi connectivity index (χ0v) is 11.5. The molecule has 1 heterocycles. The van der Waals surface area contributed by atoms with Crippen LogP contribution in [-0.2, 0) is 4.74 Å². The molecule has 1 fully saturated rings. The van der Waals surface area contributed by atoms with Crippen molar-refractivity contribution in [1.82, 2.24) is 0 Å². The molecule has 0 aliphatic carbocycles. The summed E-state index contributed by atoms with van der Waals surface area (Å²) in [6.07, 6.45) is 0.872. The van der Waals surface area contributed by atoms with Gasteiger partial charge in [-0.1, -0.05) is 0 Å². The Labute approximate surface area is 113 Å². The average Bonchev–Trinajstić information content (AvgIpc) is 2.35. The highest BCUT2D eigenvalue weighted by Crippen LogP contribution is 2.28. The fourth-order valence-electron chi connectivity index (χ4n) is 2.63. The second-order valence-electron chi connectivity index (χ2n) is 5.57. The second kappa shape index (κ2) is 5.02. The van der Waals surface area contributed by atoms with Gasteiger partial charge in [-0.15, -0.1) is 0 Å². The molecule has 0 spiro atoms. The molecule has 1 aromatic rings. The van der Waals surface area contributed by atoms with Crippen molar-refractivity contribution in [2.75, 3.05) is 18.0 Å². The van der Waals surface area contributed by atoms with Gasteiger partial charge in [0.25, 0.3) is 0 Å². The smallest absolute Gasteiger partial charge is 0.150 e. The zero-order valence-electron chi connectivity index (χ0n) is 11.5. The maximum Gasteiger partial charge on any atom is 0.150 e. The maximum atomic E-state index is 10.8. The van der Waals surface area contributed by atoms with Gasteiger partial charge in [0.05, 0.1) is 23.0 Å². The van der Waals surface area contributed by atoms with E-state index in [0.717, 1.165) is 25.1 Å². The fraction of sp³-hybridized carbons (Fsp3) is 0.467. The van der Waals surface area contributed by atoms with Crippen molar-refractivity contribution in [3.05, 3.63) is 29.3 Å². The van der Waals surface area contributed by atoms with E-state index >= 15 is 0 Å². The van der Waals surface area contributed by atoms with Gasteiger partial charge in [-0.05, 0) is 39.0 Å². The Morgan fingerprint density at radius 1 is 1.53 bits per heavy atom. The van der Waals surface area contributed by atoms with Crippen LogP contribution < -0.4 is 4.90 Å². The number of aldehydes is 1. The third kappa shape index (κ3) is 2.94. The Hall–Kier alpha value is -1.86. The Kier molecular flexibility index (Phi) is 3.59. The van der Waals surface area contributed by atoms with Crippen molar-refractivity contribution < 1.29 is 9.53 Å². The summed E-state index contributed by atoms with van der Waals surface area (Å²) in [6, 6.07) is 7.39. The first-order valence-corrected chi connectivity index (χ1v) is 6.37. The summed E-state index contributed by atoms with van der Waals surface area (Å²) in [5.41, 5.74) is 1.69. The lowest BCUT2D eigenvalue weighted by Gasteiger charge is -2.43. The van der Waals surface area contributed by atoms with Gasteiger partial charge in [-0.2, -0.15) is 5.26 Å². The number of carbonyl (C=O) groups excluding carboxylic acids is 1. The van der Waals surface area contributed by atoms with Gasteiger partial charge in [0.1, 0.15) is 12.4 Å². The van der Waals surface area contributed by atoms with Gasteiger partial charge in [-0.25, -0.2) is 0 Å². The standard InChI is InChI=1S/C15H18N2O2/c1-11-8-17(10-15(2,3)19-11)14-5-4-12(9-18)6-13(14)7-16/h4-6,9,11H,8,10H2,1-3H3. The molecule has 19 heavy (non-hydrogen) atoms. The predicted octanol–water partition coefficient (Wildman–Crippen LogP) is 2.37. The van der Waals surface area contributed by atoms with E-state index in [0.29, 0.717) is 11.1 Å². The van der Waals surface area contributed by atoms with E-state index in [2.05, 4.69) is 11.0 Å². The summed E-state index contributed by atoms with van der Waals surface area (Å²) in [6.45, 7) is 7.59. The molecule has 1 aliphatic rings.